The van der Waals surface area contributed by atoms with Crippen molar-refractivity contribution in [1.82, 2.24) is 9.80 Å². The Kier molecular flexibility index (Phi) is 7.81. The normalized spacial score (nSPS) is 14.6. The molecule has 0 bridgehead atoms. The maximum Gasteiger partial charge on any atom is 0.0890 e. The average molecular weight is 274 g/mol. The summed E-state index contributed by atoms with van der Waals surface area (Å²) >= 11 is 0. The van der Waals surface area contributed by atoms with E-state index in [-0.39, 0.29) is 34.0 Å². The van der Waals surface area contributed by atoms with Gasteiger partial charge in [-0.2, -0.15) is 0 Å². The molecule has 0 fully saturated rings. The fourth-order valence-corrected chi connectivity index (χ4v) is 0.794. The Morgan fingerprint density at radius 3 is 2.10 bits per heavy atom. The molecule has 0 aliphatic carbocycles. The van der Waals surface area contributed by atoms with Crippen LogP contribution in [0.25, 0.3) is 0 Å². The Bertz CT molecular complexity index is 106. The highest BCUT2D eigenvalue weighted by molar-refractivity contribution is 8.93. The molecule has 62 valence electrons. The second kappa shape index (κ2) is 6.04. The molecule has 1 aliphatic heterocycles. The molecule has 0 unspecified atom stereocenters. The largest absolute Gasteiger partial charge is 0.362 e. The minimum absolute atomic E-state index is 0. The molecule has 1 heterocycles. The highest BCUT2D eigenvalue weighted by Gasteiger charge is 2.03. The molecule has 0 saturated carbocycles. The zero-order valence-corrected chi connectivity index (χ0v) is 9.71. The van der Waals surface area contributed by atoms with Crippen molar-refractivity contribution in [3.05, 3.63) is 12.4 Å². The van der Waals surface area contributed by atoms with Crippen LogP contribution in [-0.4, -0.2) is 30.1 Å². The Labute approximate surface area is 83.4 Å². The van der Waals surface area contributed by atoms with Crippen molar-refractivity contribution in [3.8, 4) is 0 Å². The van der Waals surface area contributed by atoms with Gasteiger partial charge < -0.3 is 9.80 Å². The van der Waals surface area contributed by atoms with E-state index in [0.29, 0.717) is 0 Å². The van der Waals surface area contributed by atoms with Crippen LogP contribution in [0.4, 0.5) is 0 Å². The zero-order valence-electron chi connectivity index (χ0n) is 6.28. The average Bonchev–Trinajstić information content (AvgIpc) is 2.14. The van der Waals surface area contributed by atoms with Crippen molar-refractivity contribution in [1.29, 1.82) is 0 Å². The van der Waals surface area contributed by atoms with Crippen LogP contribution in [0.1, 0.15) is 6.92 Å². The summed E-state index contributed by atoms with van der Waals surface area (Å²) in [6, 6.07) is 0. The Morgan fingerprint density at radius 1 is 1.30 bits per heavy atom. The van der Waals surface area contributed by atoms with Gasteiger partial charge in [0.25, 0.3) is 0 Å². The van der Waals surface area contributed by atoms with Crippen molar-refractivity contribution in [2.24, 2.45) is 0 Å². The fourth-order valence-electron chi connectivity index (χ4n) is 0.794. The molecular weight excluding hydrogens is 260 g/mol. The number of nitrogens with zero attached hydrogens (tertiary/aromatic N) is 2. The SMILES string of the molecule is Br.Br.CCN1C=CN(C)C1. The maximum absolute atomic E-state index is 2.25. The monoisotopic (exact) mass is 272 g/mol. The third-order valence-corrected chi connectivity index (χ3v) is 1.34. The molecule has 0 spiro atoms. The minimum atomic E-state index is 0. The summed E-state index contributed by atoms with van der Waals surface area (Å²) in [5, 5.41) is 0. The molecule has 2 nitrogen and oxygen atoms in total. The van der Waals surface area contributed by atoms with Crippen molar-refractivity contribution >= 4 is 34.0 Å². The van der Waals surface area contributed by atoms with Gasteiger partial charge in [-0.1, -0.05) is 0 Å². The van der Waals surface area contributed by atoms with Gasteiger partial charge in [0.15, 0.2) is 0 Å². The second-order valence-electron chi connectivity index (χ2n) is 2.10. The topological polar surface area (TPSA) is 6.48 Å². The number of halogens is 2. The van der Waals surface area contributed by atoms with Gasteiger partial charge in [-0.3, -0.25) is 0 Å². The van der Waals surface area contributed by atoms with Gasteiger partial charge in [0.2, 0.25) is 0 Å². The Morgan fingerprint density at radius 2 is 1.90 bits per heavy atom. The molecule has 0 aromatic rings. The van der Waals surface area contributed by atoms with Crippen LogP contribution in [0.2, 0.25) is 0 Å². The smallest absolute Gasteiger partial charge is 0.0890 e. The summed E-state index contributed by atoms with van der Waals surface area (Å²) in [6.45, 7) is 4.32. The van der Waals surface area contributed by atoms with E-state index in [9.17, 15) is 0 Å². The molecule has 10 heavy (non-hydrogen) atoms. The second-order valence-corrected chi connectivity index (χ2v) is 2.10. The molecule has 0 atom stereocenters. The lowest BCUT2D eigenvalue weighted by atomic mass is 10.6. The zero-order chi connectivity index (χ0) is 5.98. The van der Waals surface area contributed by atoms with Crippen LogP contribution in [0.3, 0.4) is 0 Å². The van der Waals surface area contributed by atoms with E-state index in [0.717, 1.165) is 13.2 Å². The van der Waals surface area contributed by atoms with E-state index in [1.165, 1.54) is 0 Å². The lowest BCUT2D eigenvalue weighted by Crippen LogP contribution is -2.21. The first kappa shape index (κ1) is 12.9. The molecule has 0 aromatic carbocycles. The summed E-state index contributed by atoms with van der Waals surface area (Å²) in [5.41, 5.74) is 0. The molecule has 4 heteroatoms. The van der Waals surface area contributed by atoms with Gasteiger partial charge in [0.05, 0.1) is 6.67 Å². The predicted molar refractivity (Wildman–Crippen MR) is 54.8 cm³/mol. The van der Waals surface area contributed by atoms with Crippen molar-refractivity contribution in [2.45, 2.75) is 6.92 Å². The van der Waals surface area contributed by atoms with Gasteiger partial charge in [-0.25, -0.2) is 0 Å². The highest BCUT2D eigenvalue weighted by atomic mass is 79.9. The van der Waals surface area contributed by atoms with Crippen molar-refractivity contribution in [3.63, 3.8) is 0 Å². The van der Waals surface area contributed by atoms with Gasteiger partial charge in [-0.15, -0.1) is 34.0 Å². The standard InChI is InChI=1S/C6H12N2.2BrH/c1-3-8-5-4-7(2)6-8;;/h4-5H,3,6H2,1-2H3;2*1H. The van der Waals surface area contributed by atoms with Gasteiger partial charge in [0, 0.05) is 26.0 Å². The number of hydrogen-bond donors (Lipinski definition) is 0. The van der Waals surface area contributed by atoms with E-state index < -0.39 is 0 Å². The lowest BCUT2D eigenvalue weighted by molar-refractivity contribution is 0.308. The number of rotatable bonds is 1. The molecule has 0 saturated heterocycles. The first-order valence-corrected chi connectivity index (χ1v) is 2.95. The minimum Gasteiger partial charge on any atom is -0.362 e. The van der Waals surface area contributed by atoms with Gasteiger partial charge in [-0.05, 0) is 6.92 Å². The van der Waals surface area contributed by atoms with Gasteiger partial charge >= 0.3 is 0 Å². The van der Waals surface area contributed by atoms with Gasteiger partial charge in [0.1, 0.15) is 0 Å². The fraction of sp³-hybridized carbons (Fsp3) is 0.667. The quantitative estimate of drug-likeness (QED) is 0.719. The molecular formula is C6H14Br2N2. The third-order valence-electron chi connectivity index (χ3n) is 1.34. The number of hydrogen-bond acceptors (Lipinski definition) is 2. The summed E-state index contributed by atoms with van der Waals surface area (Å²) in [5.74, 6) is 0. The molecule has 0 N–H and O–H groups in total. The molecule has 0 amide bonds. The van der Waals surface area contributed by atoms with E-state index in [1.807, 2.05) is 0 Å². The summed E-state index contributed by atoms with van der Waals surface area (Å²) in [4.78, 5) is 4.41. The van der Waals surface area contributed by atoms with Crippen LogP contribution in [0.15, 0.2) is 12.4 Å². The maximum atomic E-state index is 2.25. The third kappa shape index (κ3) is 3.46. The Balaban J connectivity index is 0. The van der Waals surface area contributed by atoms with Crippen LogP contribution in [0, 0.1) is 0 Å². The first-order chi connectivity index (χ1) is 3.83. The summed E-state index contributed by atoms with van der Waals surface area (Å²) < 4.78 is 0. The molecule has 0 radical (unpaired) electrons. The van der Waals surface area contributed by atoms with Crippen molar-refractivity contribution < 1.29 is 0 Å². The summed E-state index contributed by atoms with van der Waals surface area (Å²) in [6.07, 6.45) is 4.20. The highest BCUT2D eigenvalue weighted by Crippen LogP contribution is 2.00. The lowest BCUT2D eigenvalue weighted by Gasteiger charge is -2.14. The van der Waals surface area contributed by atoms with E-state index in [2.05, 4.69) is 36.2 Å². The van der Waals surface area contributed by atoms with Crippen LogP contribution in [-0.2, 0) is 0 Å². The molecule has 0 aromatic heterocycles. The Hall–Kier alpha value is 0.300. The van der Waals surface area contributed by atoms with Crippen molar-refractivity contribution in [2.75, 3.05) is 20.3 Å². The van der Waals surface area contributed by atoms with E-state index in [1.54, 1.807) is 0 Å². The molecule has 1 aliphatic rings. The molecule has 1 rings (SSSR count). The van der Waals surface area contributed by atoms with Crippen LogP contribution in [0.5, 0.6) is 0 Å². The van der Waals surface area contributed by atoms with E-state index >= 15 is 0 Å². The first-order valence-electron chi connectivity index (χ1n) is 2.95. The predicted octanol–water partition coefficient (Wildman–Crippen LogP) is 1.84. The van der Waals surface area contributed by atoms with Crippen LogP contribution < -0.4 is 0 Å². The van der Waals surface area contributed by atoms with Crippen LogP contribution >= 0.6 is 34.0 Å². The van der Waals surface area contributed by atoms with E-state index in [4.69, 9.17) is 0 Å². The summed E-state index contributed by atoms with van der Waals surface area (Å²) in [7, 11) is 2.08.